The summed E-state index contributed by atoms with van der Waals surface area (Å²) in [6.07, 6.45) is 1.96. The number of fused-ring (bicyclic) bond motifs is 2. The van der Waals surface area contributed by atoms with Crippen LogP contribution in [-0.4, -0.2) is 17.9 Å². The highest BCUT2D eigenvalue weighted by molar-refractivity contribution is 6.68. The SMILES string of the molecule is C=CC1C[N+]12C(Cl)=Nc1ccccc12. The molecule has 2 heterocycles. The molecular formula is C11H10ClN2+. The maximum absolute atomic E-state index is 6.18. The van der Waals surface area contributed by atoms with E-state index in [2.05, 4.69) is 17.6 Å². The number of benzene rings is 1. The molecule has 2 unspecified atom stereocenters. The summed E-state index contributed by atoms with van der Waals surface area (Å²) >= 11 is 6.18. The molecule has 1 aromatic carbocycles. The first-order chi connectivity index (χ1) is 6.79. The maximum Gasteiger partial charge on any atom is 0.306 e. The molecule has 1 saturated heterocycles. The van der Waals surface area contributed by atoms with Gasteiger partial charge in [0.1, 0.15) is 12.2 Å². The normalized spacial score (nSPS) is 32.6. The second kappa shape index (κ2) is 2.47. The second-order valence-corrected chi connectivity index (χ2v) is 4.06. The zero-order valence-electron chi connectivity index (χ0n) is 7.65. The number of hydrogen-bond acceptors (Lipinski definition) is 1. The summed E-state index contributed by atoms with van der Waals surface area (Å²) in [5, 5.41) is 0.677. The smallest absolute Gasteiger partial charge is 0.214 e. The van der Waals surface area contributed by atoms with Crippen molar-refractivity contribution < 1.29 is 0 Å². The van der Waals surface area contributed by atoms with Gasteiger partial charge in [-0.3, -0.25) is 0 Å². The summed E-state index contributed by atoms with van der Waals surface area (Å²) < 4.78 is 0.696. The van der Waals surface area contributed by atoms with E-state index >= 15 is 0 Å². The van der Waals surface area contributed by atoms with Crippen molar-refractivity contribution in [3.63, 3.8) is 0 Å². The first-order valence-corrected chi connectivity index (χ1v) is 5.01. The molecule has 14 heavy (non-hydrogen) atoms. The van der Waals surface area contributed by atoms with Crippen LogP contribution in [0.2, 0.25) is 0 Å². The first-order valence-electron chi connectivity index (χ1n) is 4.64. The third-order valence-corrected chi connectivity index (χ3v) is 3.42. The minimum Gasteiger partial charge on any atom is -0.214 e. The Kier molecular flexibility index (Phi) is 1.45. The largest absolute Gasteiger partial charge is 0.306 e. The molecule has 0 radical (unpaired) electrons. The van der Waals surface area contributed by atoms with Gasteiger partial charge in [-0.15, -0.1) is 0 Å². The monoisotopic (exact) mass is 205 g/mol. The van der Waals surface area contributed by atoms with E-state index in [1.807, 2.05) is 24.3 Å². The van der Waals surface area contributed by atoms with E-state index in [9.17, 15) is 0 Å². The van der Waals surface area contributed by atoms with Crippen LogP contribution < -0.4 is 4.48 Å². The van der Waals surface area contributed by atoms with Crippen molar-refractivity contribution in [2.45, 2.75) is 6.04 Å². The highest BCUT2D eigenvalue weighted by Crippen LogP contribution is 2.50. The molecule has 2 aliphatic rings. The summed E-state index contributed by atoms with van der Waals surface area (Å²) in [7, 11) is 0. The Labute approximate surface area is 87.7 Å². The Morgan fingerprint density at radius 2 is 2.29 bits per heavy atom. The van der Waals surface area contributed by atoms with E-state index in [0.29, 0.717) is 15.8 Å². The van der Waals surface area contributed by atoms with Crippen molar-refractivity contribution in [1.29, 1.82) is 0 Å². The lowest BCUT2D eigenvalue weighted by molar-refractivity contribution is 0.782. The molecule has 0 aliphatic carbocycles. The molecule has 2 nitrogen and oxygen atoms in total. The van der Waals surface area contributed by atoms with Crippen LogP contribution in [0, 0.1) is 0 Å². The molecule has 0 aromatic heterocycles. The molecule has 3 rings (SSSR count). The van der Waals surface area contributed by atoms with E-state index in [1.165, 1.54) is 5.69 Å². The Bertz CT molecular complexity index is 452. The summed E-state index contributed by atoms with van der Waals surface area (Å²) in [5.74, 6) is 0. The summed E-state index contributed by atoms with van der Waals surface area (Å²) in [6.45, 7) is 4.82. The van der Waals surface area contributed by atoms with Crippen LogP contribution in [0.1, 0.15) is 0 Å². The lowest BCUT2D eigenvalue weighted by atomic mass is 10.2. The Hall–Kier alpha value is -1.12. The quantitative estimate of drug-likeness (QED) is 0.289. The van der Waals surface area contributed by atoms with Crippen molar-refractivity contribution >= 4 is 28.3 Å². The highest BCUT2D eigenvalue weighted by Gasteiger charge is 2.62. The van der Waals surface area contributed by atoms with Gasteiger partial charge in [0.05, 0.1) is 0 Å². The average molecular weight is 206 g/mol. The van der Waals surface area contributed by atoms with E-state index in [1.54, 1.807) is 0 Å². The van der Waals surface area contributed by atoms with Crippen LogP contribution in [0.25, 0.3) is 0 Å². The Morgan fingerprint density at radius 3 is 3.00 bits per heavy atom. The van der Waals surface area contributed by atoms with Crippen molar-refractivity contribution in [1.82, 2.24) is 4.48 Å². The minimum absolute atomic E-state index is 0.412. The molecule has 0 N–H and O–H groups in total. The first kappa shape index (κ1) is 8.21. The average Bonchev–Trinajstić information content (AvgIpc) is 2.87. The van der Waals surface area contributed by atoms with Gasteiger partial charge in [-0.1, -0.05) is 18.7 Å². The zero-order chi connectivity index (χ0) is 9.76. The van der Waals surface area contributed by atoms with Crippen LogP contribution in [0.3, 0.4) is 0 Å². The Balaban J connectivity index is 2.19. The van der Waals surface area contributed by atoms with Gasteiger partial charge in [-0.25, -0.2) is 4.48 Å². The fourth-order valence-electron chi connectivity index (χ4n) is 2.18. The molecule has 0 bridgehead atoms. The molecule has 3 heteroatoms. The van der Waals surface area contributed by atoms with Gasteiger partial charge in [-0.05, 0) is 12.1 Å². The van der Waals surface area contributed by atoms with Crippen LogP contribution >= 0.6 is 11.6 Å². The number of aliphatic imine (C=N–C) groups is 1. The van der Waals surface area contributed by atoms with Gasteiger partial charge in [-0.2, -0.15) is 4.99 Å². The summed E-state index contributed by atoms with van der Waals surface area (Å²) in [5.41, 5.74) is 2.21. The fourth-order valence-corrected chi connectivity index (χ4v) is 2.55. The summed E-state index contributed by atoms with van der Waals surface area (Å²) in [4.78, 5) is 4.37. The third kappa shape index (κ3) is 0.781. The molecule has 0 amide bonds. The number of hydrogen-bond donors (Lipinski definition) is 0. The van der Waals surface area contributed by atoms with Gasteiger partial charge in [0.2, 0.25) is 0 Å². The van der Waals surface area contributed by atoms with Crippen LogP contribution in [0.15, 0.2) is 41.9 Å². The van der Waals surface area contributed by atoms with Gasteiger partial charge >= 0.3 is 5.29 Å². The molecule has 2 aliphatic heterocycles. The van der Waals surface area contributed by atoms with E-state index in [0.717, 1.165) is 12.2 Å². The van der Waals surface area contributed by atoms with E-state index in [-0.39, 0.29) is 0 Å². The van der Waals surface area contributed by atoms with Crippen LogP contribution in [0.4, 0.5) is 11.4 Å². The number of amidine groups is 1. The fraction of sp³-hybridized carbons (Fsp3) is 0.182. The predicted molar refractivity (Wildman–Crippen MR) is 60.0 cm³/mol. The topological polar surface area (TPSA) is 12.4 Å². The molecule has 2 atom stereocenters. The second-order valence-electron chi connectivity index (χ2n) is 3.72. The minimum atomic E-state index is 0.412. The number of halogens is 1. The number of quaternary nitrogens is 1. The van der Waals surface area contributed by atoms with Crippen molar-refractivity contribution in [2.75, 3.05) is 6.54 Å². The van der Waals surface area contributed by atoms with Gasteiger partial charge in [0, 0.05) is 17.7 Å². The maximum atomic E-state index is 6.18. The molecule has 1 fully saturated rings. The molecule has 0 saturated carbocycles. The molecule has 1 aromatic rings. The lowest BCUT2D eigenvalue weighted by Gasteiger charge is -2.10. The predicted octanol–water partition coefficient (Wildman–Crippen LogP) is 2.80. The van der Waals surface area contributed by atoms with Gasteiger partial charge < -0.3 is 0 Å². The van der Waals surface area contributed by atoms with Crippen LogP contribution in [-0.2, 0) is 0 Å². The van der Waals surface area contributed by atoms with Gasteiger partial charge in [0.15, 0.2) is 11.7 Å². The number of rotatable bonds is 1. The zero-order valence-corrected chi connectivity index (χ0v) is 8.41. The Morgan fingerprint density at radius 1 is 1.50 bits per heavy atom. The third-order valence-electron chi connectivity index (χ3n) is 3.03. The summed E-state index contributed by atoms with van der Waals surface area (Å²) in [6, 6.07) is 8.53. The molecular weight excluding hydrogens is 196 g/mol. The van der Waals surface area contributed by atoms with Gasteiger partial charge in [0.25, 0.3) is 0 Å². The number of nitrogens with zero attached hydrogens (tertiary/aromatic N) is 2. The molecule has 1 spiro atoms. The number of para-hydroxylation sites is 2. The lowest BCUT2D eigenvalue weighted by Crippen LogP contribution is -2.29. The standard InChI is InChI=1S/C11H10ClN2/c1-2-8-7-14(8)10-6-4-3-5-9(10)13-11(14)12/h2-6,8H,1,7H2/q+1. The highest BCUT2D eigenvalue weighted by atomic mass is 35.5. The van der Waals surface area contributed by atoms with E-state index in [4.69, 9.17) is 11.6 Å². The van der Waals surface area contributed by atoms with Crippen LogP contribution in [0.5, 0.6) is 0 Å². The van der Waals surface area contributed by atoms with Crippen molar-refractivity contribution in [3.8, 4) is 0 Å². The van der Waals surface area contributed by atoms with E-state index < -0.39 is 0 Å². The van der Waals surface area contributed by atoms with Crippen molar-refractivity contribution in [3.05, 3.63) is 36.9 Å². The molecule has 70 valence electrons. The van der Waals surface area contributed by atoms with Crippen molar-refractivity contribution in [2.24, 2.45) is 4.99 Å².